The fourth-order valence-corrected chi connectivity index (χ4v) is 4.72. The van der Waals surface area contributed by atoms with Crippen molar-refractivity contribution in [3.63, 3.8) is 0 Å². The maximum Gasteiger partial charge on any atom is 0.279 e. The number of thiophene rings is 1. The normalized spacial score (nSPS) is 14.7. The van der Waals surface area contributed by atoms with Crippen molar-refractivity contribution in [3.05, 3.63) is 50.6 Å². The molecule has 0 spiro atoms. The number of fused-ring (bicyclic) bond motifs is 3. The van der Waals surface area contributed by atoms with Crippen LogP contribution in [0.3, 0.4) is 0 Å². The SMILES string of the molecule is CCc1ccc(NC(=O)[C@@H](C)n2nnc3sc4c(c3c2=O)CCCC4)cc1. The van der Waals surface area contributed by atoms with E-state index in [9.17, 15) is 9.59 Å². The Morgan fingerprint density at radius 2 is 2.00 bits per heavy atom. The quantitative estimate of drug-likeness (QED) is 0.749. The van der Waals surface area contributed by atoms with Crippen molar-refractivity contribution in [3.8, 4) is 0 Å². The summed E-state index contributed by atoms with van der Waals surface area (Å²) < 4.78 is 1.21. The van der Waals surface area contributed by atoms with Crippen LogP contribution >= 0.6 is 11.3 Å². The molecular formula is C20H22N4O2S. The number of benzene rings is 1. The van der Waals surface area contributed by atoms with Gasteiger partial charge in [0.1, 0.15) is 6.04 Å². The van der Waals surface area contributed by atoms with Gasteiger partial charge in [0, 0.05) is 10.6 Å². The van der Waals surface area contributed by atoms with Gasteiger partial charge < -0.3 is 5.32 Å². The van der Waals surface area contributed by atoms with E-state index in [1.54, 1.807) is 18.3 Å². The fourth-order valence-electron chi connectivity index (χ4n) is 3.52. The smallest absolute Gasteiger partial charge is 0.279 e. The van der Waals surface area contributed by atoms with Crippen LogP contribution in [0.25, 0.3) is 10.2 Å². The van der Waals surface area contributed by atoms with Gasteiger partial charge in [-0.1, -0.05) is 24.3 Å². The number of hydrogen-bond acceptors (Lipinski definition) is 5. The van der Waals surface area contributed by atoms with E-state index in [-0.39, 0.29) is 11.5 Å². The minimum absolute atomic E-state index is 0.219. The van der Waals surface area contributed by atoms with E-state index in [1.165, 1.54) is 15.1 Å². The number of anilines is 1. The Morgan fingerprint density at radius 1 is 1.26 bits per heavy atom. The van der Waals surface area contributed by atoms with Gasteiger partial charge in [0.25, 0.3) is 5.56 Å². The van der Waals surface area contributed by atoms with E-state index in [0.29, 0.717) is 15.9 Å². The van der Waals surface area contributed by atoms with Crippen molar-refractivity contribution in [1.82, 2.24) is 15.0 Å². The van der Waals surface area contributed by atoms with Gasteiger partial charge in [-0.15, -0.1) is 16.4 Å². The molecular weight excluding hydrogens is 360 g/mol. The first-order chi connectivity index (χ1) is 13.1. The number of carbonyl (C=O) groups is 1. The van der Waals surface area contributed by atoms with Crippen LogP contribution in [0.1, 0.15) is 48.7 Å². The van der Waals surface area contributed by atoms with Crippen LogP contribution in [0.5, 0.6) is 0 Å². The molecule has 1 aliphatic carbocycles. The fraction of sp³-hybridized carbons (Fsp3) is 0.400. The standard InChI is InChI=1S/C20H22N4O2S/c1-3-13-8-10-14(11-9-13)21-18(25)12(2)24-20(26)17-15-6-4-5-7-16(15)27-19(17)22-23-24/h8-12H,3-7H2,1-2H3,(H,21,25)/t12-/m1/s1. The van der Waals surface area contributed by atoms with Crippen molar-refractivity contribution < 1.29 is 4.79 Å². The third kappa shape index (κ3) is 3.27. The molecule has 0 saturated carbocycles. The Kier molecular flexibility index (Phi) is 4.78. The van der Waals surface area contributed by atoms with Crippen molar-refractivity contribution in [1.29, 1.82) is 0 Å². The zero-order chi connectivity index (χ0) is 19.0. The molecule has 1 atom stereocenters. The maximum atomic E-state index is 13.0. The van der Waals surface area contributed by atoms with Gasteiger partial charge in [0.05, 0.1) is 5.39 Å². The van der Waals surface area contributed by atoms with E-state index < -0.39 is 6.04 Å². The Labute approximate surface area is 161 Å². The highest BCUT2D eigenvalue weighted by molar-refractivity contribution is 7.18. The first kappa shape index (κ1) is 17.9. The molecule has 0 unspecified atom stereocenters. The van der Waals surface area contributed by atoms with E-state index >= 15 is 0 Å². The van der Waals surface area contributed by atoms with E-state index in [1.807, 2.05) is 24.3 Å². The van der Waals surface area contributed by atoms with Gasteiger partial charge in [-0.2, -0.15) is 4.68 Å². The highest BCUT2D eigenvalue weighted by Crippen LogP contribution is 2.33. The number of rotatable bonds is 4. The molecule has 2 heterocycles. The summed E-state index contributed by atoms with van der Waals surface area (Å²) in [4.78, 5) is 27.6. The summed E-state index contributed by atoms with van der Waals surface area (Å²) in [5.41, 5.74) is 2.80. The highest BCUT2D eigenvalue weighted by atomic mass is 32.1. The van der Waals surface area contributed by atoms with Crippen molar-refractivity contribution in [2.75, 3.05) is 5.32 Å². The third-order valence-corrected chi connectivity index (χ3v) is 6.36. The summed E-state index contributed by atoms with van der Waals surface area (Å²) in [5, 5.41) is 11.8. The van der Waals surface area contributed by atoms with Crippen LogP contribution in [0.4, 0.5) is 5.69 Å². The van der Waals surface area contributed by atoms with E-state index in [0.717, 1.165) is 37.7 Å². The number of nitrogens with one attached hydrogen (secondary N) is 1. The maximum absolute atomic E-state index is 13.0. The largest absolute Gasteiger partial charge is 0.324 e. The summed E-state index contributed by atoms with van der Waals surface area (Å²) in [5.74, 6) is -0.279. The van der Waals surface area contributed by atoms with Crippen molar-refractivity contribution in [2.45, 2.75) is 52.0 Å². The minimum Gasteiger partial charge on any atom is -0.324 e. The monoisotopic (exact) mass is 382 g/mol. The number of hydrogen-bond donors (Lipinski definition) is 1. The lowest BCUT2D eigenvalue weighted by molar-refractivity contribution is -0.119. The van der Waals surface area contributed by atoms with Gasteiger partial charge in [-0.25, -0.2) is 0 Å². The topological polar surface area (TPSA) is 76.9 Å². The molecule has 1 amide bonds. The average molecular weight is 382 g/mol. The van der Waals surface area contributed by atoms with Crippen LogP contribution in [0.2, 0.25) is 0 Å². The van der Waals surface area contributed by atoms with Crippen LogP contribution in [0, 0.1) is 0 Å². The average Bonchev–Trinajstić information content (AvgIpc) is 3.07. The molecule has 2 aromatic heterocycles. The molecule has 4 rings (SSSR count). The molecule has 0 radical (unpaired) electrons. The summed E-state index contributed by atoms with van der Waals surface area (Å²) in [6, 6.07) is 6.97. The molecule has 7 heteroatoms. The third-order valence-electron chi connectivity index (χ3n) is 5.18. The van der Waals surface area contributed by atoms with E-state index in [2.05, 4.69) is 22.6 Å². The van der Waals surface area contributed by atoms with E-state index in [4.69, 9.17) is 0 Å². The predicted octanol–water partition coefficient (Wildman–Crippen LogP) is 3.49. The molecule has 1 aliphatic rings. The second-order valence-corrected chi connectivity index (χ2v) is 8.03. The zero-order valence-corrected chi connectivity index (χ0v) is 16.3. The summed E-state index contributed by atoms with van der Waals surface area (Å²) in [7, 11) is 0. The molecule has 1 aromatic carbocycles. The number of nitrogens with zero attached hydrogens (tertiary/aromatic N) is 3. The lowest BCUT2D eigenvalue weighted by Crippen LogP contribution is -2.34. The molecule has 1 N–H and O–H groups in total. The van der Waals surface area contributed by atoms with Gasteiger partial charge in [-0.05, 0) is 62.3 Å². The Morgan fingerprint density at radius 3 is 2.74 bits per heavy atom. The lowest BCUT2D eigenvalue weighted by atomic mass is 9.97. The minimum atomic E-state index is -0.737. The molecule has 0 saturated heterocycles. The van der Waals surface area contributed by atoms with Crippen LogP contribution < -0.4 is 10.9 Å². The van der Waals surface area contributed by atoms with Gasteiger partial charge >= 0.3 is 0 Å². The Balaban J connectivity index is 1.63. The van der Waals surface area contributed by atoms with Crippen LogP contribution in [0.15, 0.2) is 29.1 Å². The van der Waals surface area contributed by atoms with Crippen molar-refractivity contribution >= 4 is 33.1 Å². The molecule has 0 bridgehead atoms. The Hall–Kier alpha value is -2.54. The molecule has 0 aliphatic heterocycles. The number of aromatic nitrogens is 3. The van der Waals surface area contributed by atoms with Gasteiger partial charge in [0.15, 0.2) is 4.83 Å². The van der Waals surface area contributed by atoms with Crippen molar-refractivity contribution in [2.24, 2.45) is 0 Å². The summed E-state index contributed by atoms with van der Waals surface area (Å²) in [6.07, 6.45) is 5.09. The predicted molar refractivity (Wildman–Crippen MR) is 107 cm³/mol. The summed E-state index contributed by atoms with van der Waals surface area (Å²) >= 11 is 1.56. The molecule has 6 nitrogen and oxygen atoms in total. The number of aryl methyl sites for hydroxylation is 3. The number of carbonyl (C=O) groups excluding carboxylic acids is 1. The molecule has 0 fully saturated rings. The molecule has 140 valence electrons. The van der Waals surface area contributed by atoms with Crippen LogP contribution in [-0.4, -0.2) is 20.9 Å². The summed E-state index contributed by atoms with van der Waals surface area (Å²) in [6.45, 7) is 3.76. The molecule has 3 aromatic rings. The Bertz CT molecular complexity index is 1050. The first-order valence-corrected chi connectivity index (χ1v) is 10.2. The van der Waals surface area contributed by atoms with Gasteiger partial charge in [0.2, 0.25) is 5.91 Å². The first-order valence-electron chi connectivity index (χ1n) is 9.38. The molecule has 27 heavy (non-hydrogen) atoms. The zero-order valence-electron chi connectivity index (χ0n) is 15.5. The van der Waals surface area contributed by atoms with Gasteiger partial charge in [-0.3, -0.25) is 9.59 Å². The van der Waals surface area contributed by atoms with Crippen LogP contribution in [-0.2, 0) is 24.1 Å². The second-order valence-electron chi connectivity index (χ2n) is 6.95. The number of amides is 1. The highest BCUT2D eigenvalue weighted by Gasteiger charge is 2.24. The lowest BCUT2D eigenvalue weighted by Gasteiger charge is -2.14. The second kappa shape index (κ2) is 7.23.